The monoisotopic (exact) mass is 382 g/mol. The van der Waals surface area contributed by atoms with Crippen LogP contribution in [0.15, 0.2) is 59.8 Å². The molecule has 1 aliphatic heterocycles. The summed E-state index contributed by atoms with van der Waals surface area (Å²) in [6.07, 6.45) is 0.657. The van der Waals surface area contributed by atoms with Gasteiger partial charge in [-0.2, -0.15) is 0 Å². The Labute approximate surface area is 166 Å². The van der Waals surface area contributed by atoms with E-state index < -0.39 is 0 Å². The molecule has 0 bridgehead atoms. The minimum absolute atomic E-state index is 0.0827. The predicted octanol–water partition coefficient (Wildman–Crippen LogP) is 4.78. The molecule has 2 aromatic carbocycles. The molecule has 3 rings (SSSR count). The molecular formula is C23H27FN2O2. The predicted molar refractivity (Wildman–Crippen MR) is 108 cm³/mol. The average Bonchev–Trinajstić information content (AvgIpc) is 3.09. The van der Waals surface area contributed by atoms with Crippen LogP contribution in [0.3, 0.4) is 0 Å². The van der Waals surface area contributed by atoms with Crippen LogP contribution in [-0.4, -0.2) is 29.2 Å². The summed E-state index contributed by atoms with van der Waals surface area (Å²) in [7, 11) is 0. The molecule has 0 fully saturated rings. The van der Waals surface area contributed by atoms with Crippen molar-refractivity contribution in [3.8, 4) is 0 Å². The Morgan fingerprint density at radius 1 is 1.14 bits per heavy atom. The van der Waals surface area contributed by atoms with Crippen LogP contribution in [0.5, 0.6) is 0 Å². The number of hydrogen-bond donors (Lipinski definition) is 0. The third kappa shape index (κ3) is 5.41. The van der Waals surface area contributed by atoms with Crippen molar-refractivity contribution in [1.82, 2.24) is 4.90 Å². The minimum atomic E-state index is -0.310. The molecule has 2 aromatic rings. The Kier molecular flexibility index (Phi) is 6.12. The SMILES string of the molecule is CC(C)(C)CC(=O)N(Cc1ccccc1)C[C@H]1CC(c2ccccc2F)=NO1. The van der Waals surface area contributed by atoms with Crippen molar-refractivity contribution in [2.45, 2.75) is 46.3 Å². The van der Waals surface area contributed by atoms with Crippen molar-refractivity contribution in [3.05, 3.63) is 71.5 Å². The van der Waals surface area contributed by atoms with Gasteiger partial charge in [0.1, 0.15) is 5.82 Å². The van der Waals surface area contributed by atoms with Crippen LogP contribution in [0.2, 0.25) is 0 Å². The number of nitrogens with zero attached hydrogens (tertiary/aromatic N) is 2. The molecule has 0 N–H and O–H groups in total. The number of benzene rings is 2. The molecule has 4 nitrogen and oxygen atoms in total. The van der Waals surface area contributed by atoms with Crippen LogP contribution in [0.25, 0.3) is 0 Å². The number of carbonyl (C=O) groups excluding carboxylic acids is 1. The lowest BCUT2D eigenvalue weighted by molar-refractivity contribution is -0.135. The van der Waals surface area contributed by atoms with E-state index in [9.17, 15) is 9.18 Å². The van der Waals surface area contributed by atoms with Gasteiger partial charge in [-0.1, -0.05) is 74.5 Å². The number of halogens is 1. The molecule has 0 aliphatic carbocycles. The third-order valence-electron chi connectivity index (χ3n) is 4.59. The molecule has 0 radical (unpaired) electrons. The molecule has 5 heteroatoms. The molecule has 0 saturated carbocycles. The number of rotatable bonds is 6. The van der Waals surface area contributed by atoms with E-state index in [0.29, 0.717) is 37.2 Å². The number of amides is 1. The van der Waals surface area contributed by atoms with Gasteiger partial charge in [0.2, 0.25) is 5.91 Å². The summed E-state index contributed by atoms with van der Waals surface area (Å²) < 4.78 is 14.0. The zero-order chi connectivity index (χ0) is 20.1. The first-order chi connectivity index (χ1) is 13.3. The minimum Gasteiger partial charge on any atom is -0.390 e. The normalized spacial score (nSPS) is 16.4. The van der Waals surface area contributed by atoms with E-state index in [1.807, 2.05) is 35.2 Å². The quantitative estimate of drug-likeness (QED) is 0.721. The molecule has 0 spiro atoms. The van der Waals surface area contributed by atoms with E-state index in [2.05, 4.69) is 25.9 Å². The van der Waals surface area contributed by atoms with Gasteiger partial charge in [-0.25, -0.2) is 4.39 Å². The zero-order valence-corrected chi connectivity index (χ0v) is 16.7. The van der Waals surface area contributed by atoms with E-state index in [0.717, 1.165) is 5.56 Å². The van der Waals surface area contributed by atoms with Crippen LogP contribution >= 0.6 is 0 Å². The molecule has 0 aromatic heterocycles. The van der Waals surface area contributed by atoms with Gasteiger partial charge in [-0.05, 0) is 17.0 Å². The first kappa shape index (κ1) is 20.1. The second-order valence-corrected chi connectivity index (χ2v) is 8.45. The molecule has 1 amide bonds. The van der Waals surface area contributed by atoms with Crippen LogP contribution in [0.1, 0.15) is 44.7 Å². The summed E-state index contributed by atoms with van der Waals surface area (Å²) >= 11 is 0. The Balaban J connectivity index is 1.69. The Morgan fingerprint density at radius 2 is 1.82 bits per heavy atom. The highest BCUT2D eigenvalue weighted by Crippen LogP contribution is 2.24. The molecule has 1 heterocycles. The fraction of sp³-hybridized carbons (Fsp3) is 0.391. The lowest BCUT2D eigenvalue weighted by Crippen LogP contribution is -2.38. The zero-order valence-electron chi connectivity index (χ0n) is 16.7. The summed E-state index contributed by atoms with van der Waals surface area (Å²) in [5.41, 5.74) is 2.02. The van der Waals surface area contributed by atoms with E-state index in [1.54, 1.807) is 18.2 Å². The molecular weight excluding hydrogens is 355 g/mol. The van der Waals surface area contributed by atoms with E-state index >= 15 is 0 Å². The van der Waals surface area contributed by atoms with Crippen LogP contribution in [-0.2, 0) is 16.2 Å². The second-order valence-electron chi connectivity index (χ2n) is 8.45. The highest BCUT2D eigenvalue weighted by atomic mass is 19.1. The molecule has 1 atom stereocenters. The van der Waals surface area contributed by atoms with Gasteiger partial charge in [-0.15, -0.1) is 0 Å². The molecule has 148 valence electrons. The summed E-state index contributed by atoms with van der Waals surface area (Å²) in [6, 6.07) is 16.5. The molecule has 0 unspecified atom stereocenters. The first-order valence-electron chi connectivity index (χ1n) is 9.61. The van der Waals surface area contributed by atoms with E-state index in [1.165, 1.54) is 6.07 Å². The molecule has 1 aliphatic rings. The van der Waals surface area contributed by atoms with Crippen molar-refractivity contribution < 1.29 is 14.0 Å². The van der Waals surface area contributed by atoms with Crippen LogP contribution < -0.4 is 0 Å². The Bertz CT molecular complexity index is 843. The topological polar surface area (TPSA) is 41.9 Å². The lowest BCUT2D eigenvalue weighted by atomic mass is 9.91. The summed E-state index contributed by atoms with van der Waals surface area (Å²) in [4.78, 5) is 20.3. The van der Waals surface area contributed by atoms with Crippen molar-refractivity contribution in [3.63, 3.8) is 0 Å². The molecule has 0 saturated heterocycles. The Hall–Kier alpha value is -2.69. The summed E-state index contributed by atoms with van der Waals surface area (Å²) in [5.74, 6) is -0.227. The maximum Gasteiger partial charge on any atom is 0.223 e. The third-order valence-corrected chi connectivity index (χ3v) is 4.59. The van der Waals surface area contributed by atoms with Crippen LogP contribution in [0, 0.1) is 11.2 Å². The van der Waals surface area contributed by atoms with Gasteiger partial charge in [0, 0.05) is 24.9 Å². The first-order valence-corrected chi connectivity index (χ1v) is 9.61. The number of hydrogen-bond acceptors (Lipinski definition) is 3. The van der Waals surface area contributed by atoms with Gasteiger partial charge >= 0.3 is 0 Å². The standard InChI is InChI=1S/C23H27FN2O2/c1-23(2,3)14-22(27)26(15-17-9-5-4-6-10-17)16-18-13-21(25-28-18)19-11-7-8-12-20(19)24/h4-12,18H,13-16H2,1-3H3/t18-/m1/s1. The highest BCUT2D eigenvalue weighted by Gasteiger charge is 2.29. The van der Waals surface area contributed by atoms with Crippen LogP contribution in [0.4, 0.5) is 4.39 Å². The number of oxime groups is 1. The smallest absolute Gasteiger partial charge is 0.223 e. The highest BCUT2D eigenvalue weighted by molar-refractivity contribution is 6.01. The van der Waals surface area contributed by atoms with Gasteiger partial charge in [0.15, 0.2) is 6.10 Å². The fourth-order valence-corrected chi connectivity index (χ4v) is 3.25. The van der Waals surface area contributed by atoms with Crippen molar-refractivity contribution in [2.75, 3.05) is 6.54 Å². The second kappa shape index (κ2) is 8.55. The largest absolute Gasteiger partial charge is 0.390 e. The van der Waals surface area contributed by atoms with E-state index in [-0.39, 0.29) is 23.2 Å². The summed E-state index contributed by atoms with van der Waals surface area (Å²) in [5, 5.41) is 4.08. The van der Waals surface area contributed by atoms with Crippen molar-refractivity contribution in [2.24, 2.45) is 10.6 Å². The van der Waals surface area contributed by atoms with Gasteiger partial charge < -0.3 is 9.74 Å². The molecule has 28 heavy (non-hydrogen) atoms. The van der Waals surface area contributed by atoms with Crippen molar-refractivity contribution in [1.29, 1.82) is 0 Å². The maximum absolute atomic E-state index is 14.0. The summed E-state index contributed by atoms with van der Waals surface area (Å²) in [6.45, 7) is 7.10. The lowest BCUT2D eigenvalue weighted by Gasteiger charge is -2.28. The van der Waals surface area contributed by atoms with Crippen molar-refractivity contribution >= 4 is 11.6 Å². The van der Waals surface area contributed by atoms with Gasteiger partial charge in [0.05, 0.1) is 12.3 Å². The van der Waals surface area contributed by atoms with Gasteiger partial charge in [-0.3, -0.25) is 4.79 Å². The number of carbonyl (C=O) groups is 1. The maximum atomic E-state index is 14.0. The Morgan fingerprint density at radius 3 is 2.50 bits per heavy atom. The fourth-order valence-electron chi connectivity index (χ4n) is 3.25. The van der Waals surface area contributed by atoms with E-state index in [4.69, 9.17) is 4.84 Å². The average molecular weight is 382 g/mol. The van der Waals surface area contributed by atoms with Gasteiger partial charge in [0.25, 0.3) is 0 Å².